The van der Waals surface area contributed by atoms with E-state index in [0.29, 0.717) is 6.54 Å². The number of rotatable bonds is 6. The number of aromatic nitrogens is 2. The van der Waals surface area contributed by atoms with E-state index in [1.54, 1.807) is 16.8 Å². The number of carbonyl (C=O) groups is 1. The first-order valence-corrected chi connectivity index (χ1v) is 7.90. The second kappa shape index (κ2) is 7.72. The average molecular weight is 313 g/mol. The Bertz CT molecular complexity index is 737. The molecule has 0 radical (unpaired) electrons. The van der Waals surface area contributed by atoms with Gasteiger partial charge in [0.05, 0.1) is 11.7 Å². The fraction of sp³-hybridized carbons (Fsp3) is 0.389. The normalized spacial score (nSPS) is 12.0. The molecular formula is C18H23N3O2. The van der Waals surface area contributed by atoms with Gasteiger partial charge in [-0.1, -0.05) is 19.1 Å². The number of nitrogens with one attached hydrogen (secondary N) is 1. The lowest BCUT2D eigenvalue weighted by Crippen LogP contribution is -2.31. The first kappa shape index (κ1) is 16.9. The summed E-state index contributed by atoms with van der Waals surface area (Å²) in [6, 6.07) is 8.88. The van der Waals surface area contributed by atoms with E-state index in [2.05, 4.69) is 10.3 Å². The van der Waals surface area contributed by atoms with E-state index < -0.39 is 0 Å². The standard InChI is InChI=1S/C18H23N3O2/c1-4-15(18-13(2)7-6-11-19-18)20-16(22)10-12-21-14(3)8-5-9-17(21)23/h5-9,11,15H,4,10,12H2,1-3H3,(H,20,22)/t15-/m0/s1. The second-order valence-electron chi connectivity index (χ2n) is 5.64. The van der Waals surface area contributed by atoms with Gasteiger partial charge < -0.3 is 9.88 Å². The Morgan fingerprint density at radius 2 is 2.04 bits per heavy atom. The molecular weight excluding hydrogens is 290 g/mol. The lowest BCUT2D eigenvalue weighted by Gasteiger charge is -2.18. The maximum Gasteiger partial charge on any atom is 0.250 e. The Hall–Kier alpha value is -2.43. The van der Waals surface area contributed by atoms with Crippen LogP contribution in [-0.2, 0) is 11.3 Å². The number of hydrogen-bond donors (Lipinski definition) is 1. The average Bonchev–Trinajstić information content (AvgIpc) is 2.53. The van der Waals surface area contributed by atoms with Gasteiger partial charge in [-0.3, -0.25) is 14.6 Å². The highest BCUT2D eigenvalue weighted by Crippen LogP contribution is 2.17. The number of aryl methyl sites for hydroxylation is 2. The van der Waals surface area contributed by atoms with Crippen LogP contribution in [0, 0.1) is 13.8 Å². The molecule has 0 saturated carbocycles. The van der Waals surface area contributed by atoms with Gasteiger partial charge in [-0.15, -0.1) is 0 Å². The van der Waals surface area contributed by atoms with Crippen LogP contribution in [0.25, 0.3) is 0 Å². The van der Waals surface area contributed by atoms with Crippen molar-refractivity contribution in [1.82, 2.24) is 14.9 Å². The Morgan fingerprint density at radius 3 is 2.70 bits per heavy atom. The van der Waals surface area contributed by atoms with Crippen molar-refractivity contribution in [2.45, 2.75) is 46.2 Å². The smallest absolute Gasteiger partial charge is 0.250 e. The van der Waals surface area contributed by atoms with E-state index in [-0.39, 0.29) is 23.9 Å². The number of hydrogen-bond acceptors (Lipinski definition) is 3. The molecule has 1 N–H and O–H groups in total. The molecule has 0 bridgehead atoms. The van der Waals surface area contributed by atoms with Crippen LogP contribution in [0.3, 0.4) is 0 Å². The topological polar surface area (TPSA) is 64.0 Å². The molecule has 122 valence electrons. The maximum atomic E-state index is 12.2. The number of pyridine rings is 2. The van der Waals surface area contributed by atoms with E-state index in [1.807, 2.05) is 39.0 Å². The Labute approximate surface area is 136 Å². The van der Waals surface area contributed by atoms with Crippen molar-refractivity contribution in [3.8, 4) is 0 Å². The molecule has 1 atom stereocenters. The lowest BCUT2D eigenvalue weighted by molar-refractivity contribution is -0.122. The molecule has 0 fully saturated rings. The fourth-order valence-electron chi connectivity index (χ4n) is 2.62. The third-order valence-corrected chi connectivity index (χ3v) is 3.95. The van der Waals surface area contributed by atoms with Crippen molar-refractivity contribution < 1.29 is 4.79 Å². The van der Waals surface area contributed by atoms with Gasteiger partial charge in [0.15, 0.2) is 0 Å². The van der Waals surface area contributed by atoms with Gasteiger partial charge in [-0.2, -0.15) is 0 Å². The van der Waals surface area contributed by atoms with Crippen molar-refractivity contribution >= 4 is 5.91 Å². The quantitative estimate of drug-likeness (QED) is 0.891. The number of carbonyl (C=O) groups excluding carboxylic acids is 1. The highest BCUT2D eigenvalue weighted by molar-refractivity contribution is 5.76. The van der Waals surface area contributed by atoms with Gasteiger partial charge in [-0.05, 0) is 38.0 Å². The monoisotopic (exact) mass is 313 g/mol. The van der Waals surface area contributed by atoms with Crippen LogP contribution in [0.1, 0.15) is 42.8 Å². The minimum Gasteiger partial charge on any atom is -0.348 e. The third-order valence-electron chi connectivity index (χ3n) is 3.95. The predicted octanol–water partition coefficient (Wildman–Crippen LogP) is 2.52. The van der Waals surface area contributed by atoms with Crippen LogP contribution in [-0.4, -0.2) is 15.5 Å². The van der Waals surface area contributed by atoms with Crippen LogP contribution in [0.4, 0.5) is 0 Å². The fourth-order valence-corrected chi connectivity index (χ4v) is 2.62. The Balaban J connectivity index is 2.01. The van der Waals surface area contributed by atoms with Crippen LogP contribution in [0.5, 0.6) is 0 Å². The van der Waals surface area contributed by atoms with Crippen molar-refractivity contribution in [2.24, 2.45) is 0 Å². The molecule has 0 aliphatic rings. The molecule has 2 aromatic rings. The van der Waals surface area contributed by atoms with E-state index >= 15 is 0 Å². The van der Waals surface area contributed by atoms with E-state index in [0.717, 1.165) is 23.4 Å². The Morgan fingerprint density at radius 1 is 1.26 bits per heavy atom. The van der Waals surface area contributed by atoms with Crippen LogP contribution in [0.2, 0.25) is 0 Å². The van der Waals surface area contributed by atoms with E-state index in [4.69, 9.17) is 0 Å². The van der Waals surface area contributed by atoms with Crippen LogP contribution in [0.15, 0.2) is 41.3 Å². The van der Waals surface area contributed by atoms with Gasteiger partial charge in [-0.25, -0.2) is 0 Å². The molecule has 0 aliphatic carbocycles. The molecule has 0 aromatic carbocycles. The summed E-state index contributed by atoms with van der Waals surface area (Å²) in [4.78, 5) is 28.4. The molecule has 5 heteroatoms. The first-order chi connectivity index (χ1) is 11.0. The zero-order valence-corrected chi connectivity index (χ0v) is 13.9. The highest BCUT2D eigenvalue weighted by Gasteiger charge is 2.16. The minimum atomic E-state index is -0.0997. The van der Waals surface area contributed by atoms with Crippen LogP contribution >= 0.6 is 0 Å². The summed E-state index contributed by atoms with van der Waals surface area (Å²) in [5.41, 5.74) is 2.74. The summed E-state index contributed by atoms with van der Waals surface area (Å²) in [7, 11) is 0. The summed E-state index contributed by atoms with van der Waals surface area (Å²) in [5.74, 6) is -0.0722. The lowest BCUT2D eigenvalue weighted by atomic mass is 10.1. The summed E-state index contributed by atoms with van der Waals surface area (Å²) < 4.78 is 1.62. The van der Waals surface area contributed by atoms with Gasteiger partial charge in [0.2, 0.25) is 5.91 Å². The summed E-state index contributed by atoms with van der Waals surface area (Å²) in [6.07, 6.45) is 2.78. The minimum absolute atomic E-state index is 0.0722. The Kier molecular flexibility index (Phi) is 5.68. The van der Waals surface area contributed by atoms with Crippen molar-refractivity contribution in [2.75, 3.05) is 0 Å². The van der Waals surface area contributed by atoms with Gasteiger partial charge in [0.1, 0.15) is 0 Å². The van der Waals surface area contributed by atoms with Gasteiger partial charge in [0, 0.05) is 30.9 Å². The zero-order valence-electron chi connectivity index (χ0n) is 13.9. The zero-order chi connectivity index (χ0) is 16.8. The molecule has 0 aliphatic heterocycles. The molecule has 2 rings (SSSR count). The van der Waals surface area contributed by atoms with Crippen LogP contribution < -0.4 is 10.9 Å². The summed E-state index contributed by atoms with van der Waals surface area (Å²) >= 11 is 0. The molecule has 0 spiro atoms. The van der Waals surface area contributed by atoms with E-state index in [9.17, 15) is 9.59 Å². The van der Waals surface area contributed by atoms with E-state index in [1.165, 1.54) is 6.07 Å². The number of nitrogens with zero attached hydrogens (tertiary/aromatic N) is 2. The molecule has 1 amide bonds. The van der Waals surface area contributed by atoms with Crippen molar-refractivity contribution in [3.63, 3.8) is 0 Å². The third kappa shape index (κ3) is 4.28. The number of amides is 1. The van der Waals surface area contributed by atoms with Crippen molar-refractivity contribution in [1.29, 1.82) is 0 Å². The first-order valence-electron chi connectivity index (χ1n) is 7.90. The maximum absolute atomic E-state index is 12.2. The molecule has 2 aromatic heterocycles. The SMILES string of the molecule is CC[C@H](NC(=O)CCn1c(C)cccc1=O)c1ncccc1C. The van der Waals surface area contributed by atoms with Gasteiger partial charge >= 0.3 is 0 Å². The summed E-state index contributed by atoms with van der Waals surface area (Å²) in [6.45, 7) is 6.26. The molecule has 23 heavy (non-hydrogen) atoms. The molecule has 2 heterocycles. The molecule has 0 unspecified atom stereocenters. The van der Waals surface area contributed by atoms with Gasteiger partial charge in [0.25, 0.3) is 5.56 Å². The highest BCUT2D eigenvalue weighted by atomic mass is 16.2. The molecule has 0 saturated heterocycles. The largest absolute Gasteiger partial charge is 0.348 e. The second-order valence-corrected chi connectivity index (χ2v) is 5.64. The summed E-state index contributed by atoms with van der Waals surface area (Å²) in [5, 5.41) is 3.02. The molecule has 5 nitrogen and oxygen atoms in total. The van der Waals surface area contributed by atoms with Crippen molar-refractivity contribution in [3.05, 3.63) is 63.8 Å². The predicted molar refractivity (Wildman–Crippen MR) is 90.2 cm³/mol.